The van der Waals surface area contributed by atoms with Gasteiger partial charge in [0.05, 0.1) is 25.9 Å². The van der Waals surface area contributed by atoms with Crippen molar-refractivity contribution in [3.8, 4) is 0 Å². The number of aromatic nitrogens is 2. The van der Waals surface area contributed by atoms with Crippen molar-refractivity contribution in [2.24, 2.45) is 10.4 Å². The van der Waals surface area contributed by atoms with Crippen molar-refractivity contribution in [1.82, 2.24) is 9.55 Å². The summed E-state index contributed by atoms with van der Waals surface area (Å²) in [5, 5.41) is 3.00. The van der Waals surface area contributed by atoms with Gasteiger partial charge >= 0.3 is 11.9 Å². The molecule has 1 aromatic heterocycles. The number of ether oxygens (including phenoxy) is 2. The zero-order chi connectivity index (χ0) is 23.7. The van der Waals surface area contributed by atoms with E-state index >= 15 is 0 Å². The first-order chi connectivity index (χ1) is 16.0. The highest BCUT2D eigenvalue weighted by Crippen LogP contribution is 2.33. The molecule has 0 bridgehead atoms. The minimum Gasteiger partial charge on any atom is -0.465 e. The van der Waals surface area contributed by atoms with Gasteiger partial charge in [-0.25, -0.2) is 4.98 Å². The quantitative estimate of drug-likeness (QED) is 0.315. The van der Waals surface area contributed by atoms with Crippen molar-refractivity contribution in [2.45, 2.75) is 46.1 Å². The van der Waals surface area contributed by atoms with Gasteiger partial charge in [0.1, 0.15) is 12.4 Å². The average Bonchev–Trinajstić information content (AvgIpc) is 3.12. The van der Waals surface area contributed by atoms with Crippen LogP contribution in [0.5, 0.6) is 0 Å². The Morgan fingerprint density at radius 3 is 2.45 bits per heavy atom. The van der Waals surface area contributed by atoms with Crippen molar-refractivity contribution in [3.63, 3.8) is 0 Å². The monoisotopic (exact) mass is 454 g/mol. The Bertz CT molecular complexity index is 982. The minimum atomic E-state index is -1.42. The van der Waals surface area contributed by atoms with Crippen LogP contribution in [0, 0.1) is 5.41 Å². The highest BCUT2D eigenvalue weighted by atomic mass is 16.6. The van der Waals surface area contributed by atoms with Crippen LogP contribution in [0.4, 0.5) is 5.82 Å². The van der Waals surface area contributed by atoms with E-state index in [0.717, 1.165) is 5.56 Å². The third-order valence-corrected chi connectivity index (χ3v) is 5.56. The number of benzene rings is 1. The molecule has 1 aliphatic rings. The number of hydrogen-bond donors (Lipinski definition) is 1. The number of hydrogen-bond acceptors (Lipinski definition) is 8. The number of esters is 2. The fourth-order valence-corrected chi connectivity index (χ4v) is 3.93. The van der Waals surface area contributed by atoms with E-state index < -0.39 is 17.4 Å². The topological polar surface area (TPSA) is 112 Å². The second-order valence-electron chi connectivity index (χ2n) is 7.82. The van der Waals surface area contributed by atoms with Crippen LogP contribution in [-0.2, 0) is 32.0 Å². The Kier molecular flexibility index (Phi) is 8.34. The van der Waals surface area contributed by atoms with Crippen LogP contribution in [0.3, 0.4) is 0 Å². The number of Topliss-reactive ketones (excluding diaryl/α,β-unsaturated/α-hetero) is 1. The summed E-state index contributed by atoms with van der Waals surface area (Å²) in [7, 11) is 0. The smallest absolute Gasteiger partial charge is 0.323 e. The molecule has 0 radical (unpaired) electrons. The molecule has 1 N–H and O–H groups in total. The average molecular weight is 455 g/mol. The number of carbonyl (C=O) groups is 3. The van der Waals surface area contributed by atoms with E-state index in [9.17, 15) is 14.4 Å². The molecule has 0 saturated carbocycles. The van der Waals surface area contributed by atoms with Gasteiger partial charge in [-0.05, 0) is 45.1 Å². The number of carbonyl (C=O) groups excluding carboxylic acids is 3. The number of ketones is 1. The lowest BCUT2D eigenvalue weighted by Crippen LogP contribution is -2.44. The maximum absolute atomic E-state index is 13.1. The number of aryl methyl sites for hydroxylation is 1. The molecule has 0 fully saturated rings. The zero-order valence-corrected chi connectivity index (χ0v) is 19.1. The lowest BCUT2D eigenvalue weighted by Gasteiger charge is -2.29. The summed E-state index contributed by atoms with van der Waals surface area (Å²) in [6.45, 7) is 4.42. The molecular weight excluding hydrogens is 424 g/mol. The Hall–Kier alpha value is -3.49. The van der Waals surface area contributed by atoms with Gasteiger partial charge in [-0.3, -0.25) is 19.4 Å². The second-order valence-corrected chi connectivity index (χ2v) is 7.82. The lowest BCUT2D eigenvalue weighted by molar-refractivity contribution is -0.172. The highest BCUT2D eigenvalue weighted by molar-refractivity contribution is 6.04. The molecule has 176 valence electrons. The number of fused-ring (bicyclic) bond motifs is 1. The van der Waals surface area contributed by atoms with Crippen LogP contribution in [-0.4, -0.2) is 53.4 Å². The molecule has 33 heavy (non-hydrogen) atoms. The van der Waals surface area contributed by atoms with E-state index in [-0.39, 0.29) is 38.4 Å². The normalized spacial score (nSPS) is 13.1. The molecule has 9 heteroatoms. The molecule has 0 atom stereocenters. The second kappa shape index (κ2) is 11.4. The summed E-state index contributed by atoms with van der Waals surface area (Å²) in [6, 6.07) is 9.41. The number of unbranched alkanes of at least 4 members (excludes halogenated alkanes) is 1. The van der Waals surface area contributed by atoms with Gasteiger partial charge in [0.25, 0.3) is 0 Å². The summed E-state index contributed by atoms with van der Waals surface area (Å²) in [4.78, 5) is 46.4. The van der Waals surface area contributed by atoms with Crippen LogP contribution >= 0.6 is 0 Å². The van der Waals surface area contributed by atoms with Crippen LogP contribution in [0.1, 0.15) is 49.2 Å². The molecule has 1 aromatic carbocycles. The first kappa shape index (κ1) is 24.2. The number of nitrogens with zero attached hydrogens (tertiary/aromatic N) is 3. The molecule has 9 nitrogen and oxygen atoms in total. The maximum atomic E-state index is 13.1. The van der Waals surface area contributed by atoms with Crippen LogP contribution in [0.15, 0.2) is 41.7 Å². The van der Waals surface area contributed by atoms with E-state index in [1.807, 2.05) is 34.9 Å². The molecule has 3 rings (SSSR count). The molecule has 0 unspecified atom stereocenters. The maximum Gasteiger partial charge on any atom is 0.323 e. The third-order valence-electron chi connectivity index (χ3n) is 5.56. The van der Waals surface area contributed by atoms with Gasteiger partial charge in [-0.15, -0.1) is 0 Å². The number of anilines is 1. The van der Waals surface area contributed by atoms with E-state index in [1.165, 1.54) is 6.34 Å². The summed E-state index contributed by atoms with van der Waals surface area (Å²) in [6.07, 6.45) is 4.82. The van der Waals surface area contributed by atoms with Gasteiger partial charge in [-0.2, -0.15) is 0 Å². The van der Waals surface area contributed by atoms with Gasteiger partial charge in [-0.1, -0.05) is 30.3 Å². The number of aliphatic imine (C=N–C) groups is 1. The molecule has 2 heterocycles. The zero-order valence-electron chi connectivity index (χ0n) is 19.1. The molecular formula is C24H30N4O5. The Balaban J connectivity index is 1.76. The first-order valence-electron chi connectivity index (χ1n) is 11.2. The molecule has 0 amide bonds. The van der Waals surface area contributed by atoms with Crippen molar-refractivity contribution in [2.75, 3.05) is 25.1 Å². The molecule has 2 aromatic rings. The standard InChI is InChI=1S/C24H30N4O5/c1-3-32-22(30)24(23(31)33-4-2,14-18-10-6-5-7-11-18)12-8-9-13-28-17-27-20-19(29)15-25-16-26-21(20)28/h5-7,10-11,16-17H,3-4,8-9,12-15H2,1-2H3,(H,25,26). The van der Waals surface area contributed by atoms with Gasteiger partial charge < -0.3 is 19.4 Å². The van der Waals surface area contributed by atoms with Crippen molar-refractivity contribution < 1.29 is 23.9 Å². The van der Waals surface area contributed by atoms with E-state index in [2.05, 4.69) is 15.3 Å². The summed E-state index contributed by atoms with van der Waals surface area (Å²) < 4.78 is 12.5. The van der Waals surface area contributed by atoms with Gasteiger partial charge in [0.15, 0.2) is 11.1 Å². The summed E-state index contributed by atoms with van der Waals surface area (Å²) >= 11 is 0. The van der Waals surface area contributed by atoms with Crippen LogP contribution in [0.2, 0.25) is 0 Å². The first-order valence-corrected chi connectivity index (χ1v) is 11.2. The third kappa shape index (κ3) is 5.66. The predicted molar refractivity (Wildman–Crippen MR) is 123 cm³/mol. The Morgan fingerprint density at radius 1 is 1.09 bits per heavy atom. The van der Waals surface area contributed by atoms with E-state index in [4.69, 9.17) is 9.47 Å². The SMILES string of the molecule is CCOC(=O)C(CCCCn1cnc2c1NC=NCC2=O)(Cc1ccccc1)C(=O)OCC. The fourth-order valence-electron chi connectivity index (χ4n) is 3.93. The summed E-state index contributed by atoms with van der Waals surface area (Å²) in [5.41, 5.74) is -0.190. The Morgan fingerprint density at radius 2 is 1.79 bits per heavy atom. The minimum absolute atomic E-state index is 0.0676. The van der Waals surface area contributed by atoms with Crippen molar-refractivity contribution in [3.05, 3.63) is 47.9 Å². The molecule has 0 aliphatic carbocycles. The number of imidazole rings is 1. The van der Waals surface area contributed by atoms with E-state index in [0.29, 0.717) is 30.9 Å². The van der Waals surface area contributed by atoms with E-state index in [1.54, 1.807) is 20.2 Å². The molecule has 1 aliphatic heterocycles. The largest absolute Gasteiger partial charge is 0.465 e. The van der Waals surface area contributed by atoms with Gasteiger partial charge in [0, 0.05) is 6.54 Å². The lowest BCUT2D eigenvalue weighted by atomic mass is 9.77. The van der Waals surface area contributed by atoms with Gasteiger partial charge in [0.2, 0.25) is 5.78 Å². The number of rotatable bonds is 11. The van der Waals surface area contributed by atoms with Crippen LogP contribution in [0.25, 0.3) is 0 Å². The van der Waals surface area contributed by atoms with Crippen molar-refractivity contribution in [1.29, 1.82) is 0 Å². The van der Waals surface area contributed by atoms with Crippen molar-refractivity contribution >= 4 is 29.9 Å². The fraction of sp³-hybridized carbons (Fsp3) is 0.458. The predicted octanol–water partition coefficient (Wildman–Crippen LogP) is 3.05. The molecule has 0 saturated heterocycles. The Labute approximate surface area is 193 Å². The highest BCUT2D eigenvalue weighted by Gasteiger charge is 2.48. The molecule has 0 spiro atoms. The number of nitrogens with one attached hydrogen (secondary N) is 1. The summed E-state index contributed by atoms with van der Waals surface area (Å²) in [5.74, 6) is -0.663. The van der Waals surface area contributed by atoms with Crippen LogP contribution < -0.4 is 5.32 Å².